The summed E-state index contributed by atoms with van der Waals surface area (Å²) in [5, 5.41) is 6.64. The number of nitrogens with zero attached hydrogens (tertiary/aromatic N) is 1. The molecule has 0 fully saturated rings. The zero-order chi connectivity index (χ0) is 9.90. The molecule has 3 heteroatoms. The number of hydrogen-bond acceptors (Lipinski definition) is 3. The molecule has 1 aromatic rings. The Kier molecular flexibility index (Phi) is 3.45. The first-order valence-corrected chi connectivity index (χ1v) is 5.57. The predicted molar refractivity (Wildman–Crippen MR) is 58.2 cm³/mol. The van der Waals surface area contributed by atoms with Crippen LogP contribution in [0.1, 0.15) is 38.4 Å². The van der Waals surface area contributed by atoms with Crippen LogP contribution in [0.25, 0.3) is 0 Å². The largest absolute Gasteiger partial charge is 0.311 e. The van der Waals surface area contributed by atoms with Gasteiger partial charge in [-0.15, -0.1) is 11.3 Å². The molecule has 0 bridgehead atoms. The average molecular weight is 198 g/mol. The number of thiazole rings is 1. The highest BCUT2D eigenvalue weighted by molar-refractivity contribution is 7.09. The Labute approximate surface area is 84.4 Å². The predicted octanol–water partition coefficient (Wildman–Crippen LogP) is 2.55. The summed E-state index contributed by atoms with van der Waals surface area (Å²) in [6, 6.07) is 0. The zero-order valence-electron chi connectivity index (χ0n) is 8.85. The van der Waals surface area contributed by atoms with Crippen LogP contribution >= 0.6 is 11.3 Å². The van der Waals surface area contributed by atoms with Crippen molar-refractivity contribution < 1.29 is 0 Å². The summed E-state index contributed by atoms with van der Waals surface area (Å²) in [6.07, 6.45) is 0. The van der Waals surface area contributed by atoms with Gasteiger partial charge in [-0.1, -0.05) is 27.7 Å². The van der Waals surface area contributed by atoms with Crippen LogP contribution in [0, 0.1) is 0 Å². The lowest BCUT2D eigenvalue weighted by molar-refractivity contribution is 0.580. The van der Waals surface area contributed by atoms with E-state index in [1.54, 1.807) is 11.3 Å². The van der Waals surface area contributed by atoms with Crippen molar-refractivity contribution in [3.05, 3.63) is 16.1 Å². The fraction of sp³-hybridized carbons (Fsp3) is 0.700. The van der Waals surface area contributed by atoms with Crippen LogP contribution in [0.3, 0.4) is 0 Å². The first-order valence-electron chi connectivity index (χ1n) is 4.69. The van der Waals surface area contributed by atoms with Crippen LogP contribution in [-0.2, 0) is 12.0 Å². The van der Waals surface area contributed by atoms with Crippen molar-refractivity contribution in [1.82, 2.24) is 10.3 Å². The number of aromatic nitrogens is 1. The Bertz CT molecular complexity index is 260. The van der Waals surface area contributed by atoms with Gasteiger partial charge in [0.05, 0.1) is 10.7 Å². The molecule has 0 spiro atoms. The van der Waals surface area contributed by atoms with Crippen LogP contribution < -0.4 is 5.32 Å². The molecule has 0 saturated carbocycles. The molecule has 0 amide bonds. The van der Waals surface area contributed by atoms with Crippen molar-refractivity contribution in [3.8, 4) is 0 Å². The van der Waals surface area contributed by atoms with Crippen LogP contribution in [-0.4, -0.2) is 11.5 Å². The molecule has 0 atom stereocenters. The van der Waals surface area contributed by atoms with Gasteiger partial charge >= 0.3 is 0 Å². The topological polar surface area (TPSA) is 24.9 Å². The smallest absolute Gasteiger partial charge is 0.0982 e. The first-order chi connectivity index (χ1) is 6.04. The van der Waals surface area contributed by atoms with Crippen LogP contribution in [0.4, 0.5) is 0 Å². The summed E-state index contributed by atoms with van der Waals surface area (Å²) in [5.41, 5.74) is 1.35. The van der Waals surface area contributed by atoms with Gasteiger partial charge in [0, 0.05) is 17.3 Å². The number of nitrogens with one attached hydrogen (secondary N) is 1. The van der Waals surface area contributed by atoms with Crippen molar-refractivity contribution in [2.75, 3.05) is 6.54 Å². The normalized spacial score (nSPS) is 12.0. The maximum atomic E-state index is 4.58. The molecule has 0 saturated heterocycles. The highest BCUT2D eigenvalue weighted by Gasteiger charge is 2.17. The molecule has 0 aliphatic carbocycles. The van der Waals surface area contributed by atoms with Gasteiger partial charge in [0.1, 0.15) is 0 Å². The summed E-state index contributed by atoms with van der Waals surface area (Å²) >= 11 is 1.76. The van der Waals surface area contributed by atoms with Crippen LogP contribution in [0.5, 0.6) is 0 Å². The van der Waals surface area contributed by atoms with E-state index in [-0.39, 0.29) is 5.41 Å². The van der Waals surface area contributed by atoms with Gasteiger partial charge in [-0.2, -0.15) is 0 Å². The van der Waals surface area contributed by atoms with E-state index in [0.717, 1.165) is 18.8 Å². The standard InChI is InChI=1S/C10H18N2S/c1-5-11-6-8-7-13-9(12-8)10(2,3)4/h7,11H,5-6H2,1-4H3. The quantitative estimate of drug-likeness (QED) is 0.807. The Morgan fingerprint density at radius 2 is 2.15 bits per heavy atom. The minimum Gasteiger partial charge on any atom is -0.311 e. The lowest BCUT2D eigenvalue weighted by Gasteiger charge is -2.13. The van der Waals surface area contributed by atoms with E-state index in [4.69, 9.17) is 0 Å². The van der Waals surface area contributed by atoms with Crippen LogP contribution in [0.2, 0.25) is 0 Å². The van der Waals surface area contributed by atoms with E-state index in [0.29, 0.717) is 0 Å². The molecular weight excluding hydrogens is 180 g/mol. The molecule has 0 radical (unpaired) electrons. The summed E-state index contributed by atoms with van der Waals surface area (Å²) in [6.45, 7) is 10.6. The Morgan fingerprint density at radius 1 is 1.46 bits per heavy atom. The highest BCUT2D eigenvalue weighted by Crippen LogP contribution is 2.25. The third-order valence-corrected chi connectivity index (χ3v) is 3.07. The molecule has 1 aromatic heterocycles. The fourth-order valence-electron chi connectivity index (χ4n) is 0.986. The van der Waals surface area contributed by atoms with Gasteiger partial charge in [-0.25, -0.2) is 4.98 Å². The molecule has 13 heavy (non-hydrogen) atoms. The van der Waals surface area contributed by atoms with E-state index < -0.39 is 0 Å². The average Bonchev–Trinajstić information content (AvgIpc) is 2.47. The zero-order valence-corrected chi connectivity index (χ0v) is 9.66. The summed E-state index contributed by atoms with van der Waals surface area (Å²) in [5.74, 6) is 0. The maximum absolute atomic E-state index is 4.58. The third-order valence-electron chi connectivity index (χ3n) is 1.75. The minimum absolute atomic E-state index is 0.190. The van der Waals surface area contributed by atoms with Gasteiger partial charge < -0.3 is 5.32 Å². The van der Waals surface area contributed by atoms with Crippen LogP contribution in [0.15, 0.2) is 5.38 Å². The van der Waals surface area contributed by atoms with E-state index in [9.17, 15) is 0 Å². The monoisotopic (exact) mass is 198 g/mol. The van der Waals surface area contributed by atoms with Crippen molar-refractivity contribution in [3.63, 3.8) is 0 Å². The lowest BCUT2D eigenvalue weighted by atomic mass is 9.98. The summed E-state index contributed by atoms with van der Waals surface area (Å²) in [7, 11) is 0. The van der Waals surface area contributed by atoms with E-state index in [1.165, 1.54) is 5.01 Å². The molecule has 1 heterocycles. The van der Waals surface area contributed by atoms with E-state index in [2.05, 4.69) is 43.4 Å². The van der Waals surface area contributed by atoms with Gasteiger partial charge in [0.25, 0.3) is 0 Å². The molecule has 0 aliphatic rings. The molecular formula is C10H18N2S. The van der Waals surface area contributed by atoms with Crippen molar-refractivity contribution in [1.29, 1.82) is 0 Å². The Balaban J connectivity index is 2.64. The molecule has 1 N–H and O–H groups in total. The second-order valence-corrected chi connectivity index (χ2v) is 5.03. The number of hydrogen-bond donors (Lipinski definition) is 1. The number of rotatable bonds is 3. The maximum Gasteiger partial charge on any atom is 0.0982 e. The summed E-state index contributed by atoms with van der Waals surface area (Å²) < 4.78 is 0. The first kappa shape index (κ1) is 10.7. The van der Waals surface area contributed by atoms with Gasteiger partial charge in [-0.3, -0.25) is 0 Å². The molecule has 0 unspecified atom stereocenters. The van der Waals surface area contributed by atoms with Gasteiger partial charge in [0.2, 0.25) is 0 Å². The van der Waals surface area contributed by atoms with Crippen molar-refractivity contribution in [2.24, 2.45) is 0 Å². The highest BCUT2D eigenvalue weighted by atomic mass is 32.1. The second kappa shape index (κ2) is 4.20. The van der Waals surface area contributed by atoms with Crippen molar-refractivity contribution >= 4 is 11.3 Å². The molecule has 74 valence electrons. The molecule has 1 rings (SSSR count). The van der Waals surface area contributed by atoms with Crippen molar-refractivity contribution in [2.45, 2.75) is 39.7 Å². The molecule has 2 nitrogen and oxygen atoms in total. The molecule has 0 aromatic carbocycles. The summed E-state index contributed by atoms with van der Waals surface area (Å²) in [4.78, 5) is 4.58. The Hall–Kier alpha value is -0.410. The SMILES string of the molecule is CCNCc1csc(C(C)(C)C)n1. The lowest BCUT2D eigenvalue weighted by Crippen LogP contribution is -2.14. The Morgan fingerprint density at radius 3 is 2.62 bits per heavy atom. The minimum atomic E-state index is 0.190. The van der Waals surface area contributed by atoms with E-state index >= 15 is 0 Å². The fourth-order valence-corrected chi connectivity index (χ4v) is 1.89. The van der Waals surface area contributed by atoms with Gasteiger partial charge in [-0.05, 0) is 6.54 Å². The second-order valence-electron chi connectivity index (χ2n) is 4.17. The van der Waals surface area contributed by atoms with E-state index in [1.807, 2.05) is 0 Å². The molecule has 0 aliphatic heterocycles. The van der Waals surface area contributed by atoms with Gasteiger partial charge in [0.15, 0.2) is 0 Å². The third kappa shape index (κ3) is 3.08.